The molecule has 1 aromatic heterocycles. The molecule has 6 heteroatoms. The van der Waals surface area contributed by atoms with Crippen LogP contribution in [0.2, 0.25) is 0 Å². The van der Waals surface area contributed by atoms with Crippen molar-refractivity contribution in [1.29, 1.82) is 0 Å². The summed E-state index contributed by atoms with van der Waals surface area (Å²) >= 11 is 6.68. The first kappa shape index (κ1) is 15.2. The molecule has 98 valence electrons. The normalized spacial score (nSPS) is 11.8. The molecule has 4 nitrogen and oxygen atoms in total. The number of nitrogens with zero attached hydrogens (tertiary/aromatic N) is 1. The number of halogens is 2. The average molecular weight is 378 g/mol. The van der Waals surface area contributed by atoms with Crippen LogP contribution in [0.15, 0.2) is 33.5 Å². The summed E-state index contributed by atoms with van der Waals surface area (Å²) in [7, 11) is 0. The Morgan fingerprint density at radius 1 is 1.61 bits per heavy atom. The predicted octanol–water partition coefficient (Wildman–Crippen LogP) is 3.53. The van der Waals surface area contributed by atoms with Crippen LogP contribution in [0.1, 0.15) is 13.8 Å². The summed E-state index contributed by atoms with van der Waals surface area (Å²) in [5, 5.41) is 3.15. The second kappa shape index (κ2) is 6.89. The molecule has 0 saturated heterocycles. The molecule has 1 atom stereocenters. The standard InChI is InChI=1S/C12H14Br2N2O2/c1-4-18-12(17)7(2)8(3)16-10-5-9(13)6-15-11(10)14/h5-6,8,16H,2,4H2,1,3H3. The van der Waals surface area contributed by atoms with Crippen molar-refractivity contribution in [2.24, 2.45) is 0 Å². The maximum atomic E-state index is 11.5. The minimum atomic E-state index is -0.392. The van der Waals surface area contributed by atoms with E-state index in [9.17, 15) is 4.79 Å². The molecule has 0 radical (unpaired) electrons. The molecule has 1 heterocycles. The molecule has 0 spiro atoms. The second-order valence-corrected chi connectivity index (χ2v) is 5.27. The monoisotopic (exact) mass is 376 g/mol. The van der Waals surface area contributed by atoms with E-state index in [2.05, 4.69) is 48.7 Å². The number of ether oxygens (including phenoxy) is 1. The molecule has 0 amide bonds. The van der Waals surface area contributed by atoms with E-state index >= 15 is 0 Å². The zero-order valence-electron chi connectivity index (χ0n) is 10.2. The van der Waals surface area contributed by atoms with Crippen molar-refractivity contribution >= 4 is 43.5 Å². The highest BCUT2D eigenvalue weighted by Crippen LogP contribution is 2.25. The lowest BCUT2D eigenvalue weighted by molar-refractivity contribution is -0.138. The summed E-state index contributed by atoms with van der Waals surface area (Å²) in [4.78, 5) is 15.7. The molecule has 0 fully saturated rings. The van der Waals surface area contributed by atoms with E-state index < -0.39 is 5.97 Å². The average Bonchev–Trinajstić information content (AvgIpc) is 2.33. The number of hydrogen-bond acceptors (Lipinski definition) is 4. The zero-order chi connectivity index (χ0) is 13.7. The minimum Gasteiger partial charge on any atom is -0.463 e. The Morgan fingerprint density at radius 2 is 2.28 bits per heavy atom. The Kier molecular flexibility index (Phi) is 5.81. The van der Waals surface area contributed by atoms with Crippen LogP contribution < -0.4 is 5.32 Å². The predicted molar refractivity (Wildman–Crippen MR) is 78.5 cm³/mol. The third-order valence-electron chi connectivity index (χ3n) is 2.24. The molecule has 0 aliphatic rings. The molecule has 0 saturated carbocycles. The van der Waals surface area contributed by atoms with Crippen molar-refractivity contribution in [1.82, 2.24) is 4.98 Å². The van der Waals surface area contributed by atoms with Gasteiger partial charge in [-0.05, 0) is 51.8 Å². The van der Waals surface area contributed by atoms with Crippen LogP contribution in [-0.2, 0) is 9.53 Å². The summed E-state index contributed by atoms with van der Waals surface area (Å²) < 4.78 is 6.43. The van der Waals surface area contributed by atoms with Crippen molar-refractivity contribution in [3.05, 3.63) is 33.5 Å². The van der Waals surface area contributed by atoms with Crippen LogP contribution in [0, 0.1) is 0 Å². The SMILES string of the molecule is C=C(C(=O)OCC)C(C)Nc1cc(Br)cnc1Br. The lowest BCUT2D eigenvalue weighted by atomic mass is 10.1. The van der Waals surface area contributed by atoms with Gasteiger partial charge in [-0.3, -0.25) is 0 Å². The molecule has 1 rings (SSSR count). The number of carbonyl (C=O) groups excluding carboxylic acids is 1. The van der Waals surface area contributed by atoms with E-state index in [4.69, 9.17) is 4.74 Å². The third kappa shape index (κ3) is 4.10. The van der Waals surface area contributed by atoms with E-state index in [0.29, 0.717) is 16.8 Å². The quantitative estimate of drug-likeness (QED) is 0.484. The molecule has 0 aliphatic heterocycles. The highest BCUT2D eigenvalue weighted by atomic mass is 79.9. The first-order chi connectivity index (χ1) is 8.45. The lowest BCUT2D eigenvalue weighted by Crippen LogP contribution is -2.24. The molecule has 0 aromatic carbocycles. The van der Waals surface area contributed by atoms with Crippen molar-refractivity contribution in [2.45, 2.75) is 19.9 Å². The number of rotatable bonds is 5. The van der Waals surface area contributed by atoms with Gasteiger partial charge in [-0.25, -0.2) is 9.78 Å². The van der Waals surface area contributed by atoms with Gasteiger partial charge in [0.15, 0.2) is 0 Å². The minimum absolute atomic E-state index is 0.239. The molecule has 1 aromatic rings. The summed E-state index contributed by atoms with van der Waals surface area (Å²) in [6.07, 6.45) is 1.68. The molecule has 18 heavy (non-hydrogen) atoms. The van der Waals surface area contributed by atoms with Crippen molar-refractivity contribution < 1.29 is 9.53 Å². The van der Waals surface area contributed by atoms with Gasteiger partial charge in [0.2, 0.25) is 0 Å². The smallest absolute Gasteiger partial charge is 0.335 e. The first-order valence-corrected chi connectivity index (χ1v) is 6.97. The maximum Gasteiger partial charge on any atom is 0.335 e. The fourth-order valence-corrected chi connectivity index (χ4v) is 1.91. The first-order valence-electron chi connectivity index (χ1n) is 5.39. The van der Waals surface area contributed by atoms with E-state index in [1.54, 1.807) is 13.1 Å². The fourth-order valence-electron chi connectivity index (χ4n) is 1.24. The molecule has 0 aliphatic carbocycles. The number of hydrogen-bond donors (Lipinski definition) is 1. The fraction of sp³-hybridized carbons (Fsp3) is 0.333. The topological polar surface area (TPSA) is 51.2 Å². The number of esters is 1. The van der Waals surface area contributed by atoms with Gasteiger partial charge in [0.25, 0.3) is 0 Å². The van der Waals surface area contributed by atoms with Gasteiger partial charge in [0.1, 0.15) is 4.60 Å². The number of pyridine rings is 1. The molecular formula is C12H14Br2N2O2. The number of carbonyl (C=O) groups is 1. The van der Waals surface area contributed by atoms with Gasteiger partial charge < -0.3 is 10.1 Å². The molecule has 1 unspecified atom stereocenters. The largest absolute Gasteiger partial charge is 0.463 e. The molecule has 0 bridgehead atoms. The summed E-state index contributed by atoms with van der Waals surface area (Å²) in [5.41, 5.74) is 1.16. The van der Waals surface area contributed by atoms with Gasteiger partial charge in [0.05, 0.1) is 23.9 Å². The van der Waals surface area contributed by atoms with Gasteiger partial charge >= 0.3 is 5.97 Å². The van der Waals surface area contributed by atoms with E-state index in [1.807, 2.05) is 13.0 Å². The summed E-state index contributed by atoms with van der Waals surface area (Å²) in [6.45, 7) is 7.68. The van der Waals surface area contributed by atoms with Crippen LogP contribution in [0.4, 0.5) is 5.69 Å². The number of anilines is 1. The Bertz CT molecular complexity index is 463. The number of nitrogens with one attached hydrogen (secondary N) is 1. The summed E-state index contributed by atoms with van der Waals surface area (Å²) in [5.74, 6) is -0.392. The zero-order valence-corrected chi connectivity index (χ0v) is 13.3. The van der Waals surface area contributed by atoms with Gasteiger partial charge in [-0.1, -0.05) is 6.58 Å². The second-order valence-electron chi connectivity index (χ2n) is 3.60. The van der Waals surface area contributed by atoms with Crippen LogP contribution in [-0.4, -0.2) is 23.6 Å². The molecule has 1 N–H and O–H groups in total. The van der Waals surface area contributed by atoms with E-state index in [1.165, 1.54) is 0 Å². The van der Waals surface area contributed by atoms with Crippen LogP contribution in [0.3, 0.4) is 0 Å². The van der Waals surface area contributed by atoms with Gasteiger partial charge in [-0.2, -0.15) is 0 Å². The van der Waals surface area contributed by atoms with Gasteiger partial charge in [0, 0.05) is 10.7 Å². The lowest BCUT2D eigenvalue weighted by Gasteiger charge is -2.17. The Hall–Kier alpha value is -0.880. The van der Waals surface area contributed by atoms with Crippen molar-refractivity contribution in [2.75, 3.05) is 11.9 Å². The Morgan fingerprint density at radius 3 is 2.89 bits per heavy atom. The van der Waals surface area contributed by atoms with Crippen LogP contribution >= 0.6 is 31.9 Å². The Labute approximate surface area is 123 Å². The van der Waals surface area contributed by atoms with Gasteiger partial charge in [-0.15, -0.1) is 0 Å². The maximum absolute atomic E-state index is 11.5. The van der Waals surface area contributed by atoms with Crippen molar-refractivity contribution in [3.8, 4) is 0 Å². The van der Waals surface area contributed by atoms with Crippen LogP contribution in [0.5, 0.6) is 0 Å². The molecular weight excluding hydrogens is 364 g/mol. The van der Waals surface area contributed by atoms with E-state index in [0.717, 1.165) is 10.2 Å². The van der Waals surface area contributed by atoms with E-state index in [-0.39, 0.29) is 6.04 Å². The summed E-state index contributed by atoms with van der Waals surface area (Å²) in [6, 6.07) is 1.63. The van der Waals surface area contributed by atoms with Crippen molar-refractivity contribution in [3.63, 3.8) is 0 Å². The van der Waals surface area contributed by atoms with Crippen LogP contribution in [0.25, 0.3) is 0 Å². The number of aromatic nitrogens is 1. The Balaban J connectivity index is 2.75. The third-order valence-corrected chi connectivity index (χ3v) is 3.30. The highest BCUT2D eigenvalue weighted by molar-refractivity contribution is 9.11. The highest BCUT2D eigenvalue weighted by Gasteiger charge is 2.16.